The average molecular weight is 310 g/mol. The molecule has 2 heterocycles. The molecule has 4 unspecified atom stereocenters. The van der Waals surface area contributed by atoms with Crippen LogP contribution in [0.2, 0.25) is 0 Å². The molecule has 1 aromatic rings. The van der Waals surface area contributed by atoms with E-state index in [4.69, 9.17) is 0 Å². The van der Waals surface area contributed by atoms with Gasteiger partial charge >= 0.3 is 12.0 Å². The zero-order valence-corrected chi connectivity index (χ0v) is 13.4. The van der Waals surface area contributed by atoms with E-state index in [-0.39, 0.29) is 12.1 Å². The Hall–Kier alpha value is -1.56. The van der Waals surface area contributed by atoms with Gasteiger partial charge in [0.25, 0.3) is 0 Å². The molecule has 0 radical (unpaired) electrons. The summed E-state index contributed by atoms with van der Waals surface area (Å²) in [5.74, 6) is -0.173. The molecular formula is C15H22N2O3S. The van der Waals surface area contributed by atoms with Crippen molar-refractivity contribution in [1.82, 2.24) is 10.2 Å². The van der Waals surface area contributed by atoms with Crippen molar-refractivity contribution in [3.05, 3.63) is 22.4 Å². The largest absolute Gasteiger partial charge is 0.479 e. The lowest BCUT2D eigenvalue weighted by Gasteiger charge is -2.41. The standard InChI is InChI=1S/C15H22N2O3S/c1-9-7-10(2)11(3)17(8-9)15(20)16-13(14(18)19)12-5-4-6-21-12/h4-6,9-11,13H,7-8H2,1-3H3,(H,16,20)(H,18,19). The van der Waals surface area contributed by atoms with E-state index in [0.29, 0.717) is 23.3 Å². The van der Waals surface area contributed by atoms with E-state index >= 15 is 0 Å². The number of piperidine rings is 1. The molecule has 116 valence electrons. The van der Waals surface area contributed by atoms with Crippen molar-refractivity contribution in [1.29, 1.82) is 0 Å². The van der Waals surface area contributed by atoms with E-state index in [9.17, 15) is 14.7 Å². The first-order valence-corrected chi connectivity index (χ1v) is 8.11. The number of carbonyl (C=O) groups is 2. The van der Waals surface area contributed by atoms with E-state index in [1.165, 1.54) is 11.3 Å². The number of rotatable bonds is 3. The maximum atomic E-state index is 12.5. The van der Waals surface area contributed by atoms with Gasteiger partial charge in [-0.1, -0.05) is 19.9 Å². The number of likely N-dealkylation sites (tertiary alicyclic amines) is 1. The Kier molecular flexibility index (Phi) is 4.88. The van der Waals surface area contributed by atoms with E-state index in [1.54, 1.807) is 17.0 Å². The van der Waals surface area contributed by atoms with E-state index in [0.717, 1.165) is 6.42 Å². The third-order valence-electron chi connectivity index (χ3n) is 4.20. The van der Waals surface area contributed by atoms with Crippen molar-refractivity contribution in [2.75, 3.05) is 6.54 Å². The first-order chi connectivity index (χ1) is 9.90. The number of thiophene rings is 1. The van der Waals surface area contributed by atoms with Crippen LogP contribution < -0.4 is 5.32 Å². The van der Waals surface area contributed by atoms with Gasteiger partial charge in [0.2, 0.25) is 0 Å². The van der Waals surface area contributed by atoms with Crippen LogP contribution in [-0.2, 0) is 4.79 Å². The van der Waals surface area contributed by atoms with Crippen LogP contribution in [0.15, 0.2) is 17.5 Å². The number of carboxylic acids is 1. The predicted molar refractivity (Wildman–Crippen MR) is 82.3 cm³/mol. The van der Waals surface area contributed by atoms with Crippen molar-refractivity contribution < 1.29 is 14.7 Å². The maximum absolute atomic E-state index is 12.5. The van der Waals surface area contributed by atoms with Crippen LogP contribution in [0, 0.1) is 11.8 Å². The molecule has 2 amide bonds. The third-order valence-corrected chi connectivity index (χ3v) is 5.14. The number of nitrogens with one attached hydrogen (secondary N) is 1. The lowest BCUT2D eigenvalue weighted by atomic mass is 9.86. The van der Waals surface area contributed by atoms with E-state index < -0.39 is 12.0 Å². The molecule has 0 aliphatic carbocycles. The van der Waals surface area contributed by atoms with Crippen molar-refractivity contribution in [2.45, 2.75) is 39.3 Å². The lowest BCUT2D eigenvalue weighted by Crippen LogP contribution is -2.53. The Balaban J connectivity index is 2.10. The van der Waals surface area contributed by atoms with Crippen LogP contribution >= 0.6 is 11.3 Å². The normalized spacial score (nSPS) is 27.2. The van der Waals surface area contributed by atoms with Crippen LogP contribution in [0.5, 0.6) is 0 Å². The van der Waals surface area contributed by atoms with Gasteiger partial charge in [-0.15, -0.1) is 11.3 Å². The maximum Gasteiger partial charge on any atom is 0.331 e. The van der Waals surface area contributed by atoms with Gasteiger partial charge < -0.3 is 15.3 Å². The van der Waals surface area contributed by atoms with Crippen LogP contribution in [-0.4, -0.2) is 34.6 Å². The van der Waals surface area contributed by atoms with Gasteiger partial charge in [-0.2, -0.15) is 0 Å². The molecule has 21 heavy (non-hydrogen) atoms. The molecule has 1 aliphatic heterocycles. The SMILES string of the molecule is CC1CC(C)C(C)N(C(=O)NC(C(=O)O)c2cccs2)C1. The summed E-state index contributed by atoms with van der Waals surface area (Å²) in [5, 5.41) is 13.8. The van der Waals surface area contributed by atoms with Crippen LogP contribution in [0.1, 0.15) is 38.1 Å². The lowest BCUT2D eigenvalue weighted by molar-refractivity contribution is -0.139. The summed E-state index contributed by atoms with van der Waals surface area (Å²) < 4.78 is 0. The minimum atomic E-state index is -1.03. The second kappa shape index (κ2) is 6.47. The Morgan fingerprint density at radius 3 is 2.71 bits per heavy atom. The van der Waals surface area contributed by atoms with Gasteiger partial charge in [0.1, 0.15) is 0 Å². The van der Waals surface area contributed by atoms with E-state index in [1.807, 2.05) is 12.3 Å². The Labute approximate surface area is 129 Å². The van der Waals surface area contributed by atoms with Crippen molar-refractivity contribution in [2.24, 2.45) is 11.8 Å². The number of urea groups is 1. The Morgan fingerprint density at radius 2 is 2.14 bits per heavy atom. The monoisotopic (exact) mass is 310 g/mol. The Morgan fingerprint density at radius 1 is 1.43 bits per heavy atom. The van der Waals surface area contributed by atoms with Gasteiger partial charge in [-0.25, -0.2) is 9.59 Å². The second-order valence-corrected chi connectivity index (χ2v) is 6.93. The fraction of sp³-hybridized carbons (Fsp3) is 0.600. The van der Waals surface area contributed by atoms with Crippen LogP contribution in [0.4, 0.5) is 4.79 Å². The molecule has 0 spiro atoms. The first-order valence-electron chi connectivity index (χ1n) is 7.23. The number of nitrogens with zero attached hydrogens (tertiary/aromatic N) is 1. The average Bonchev–Trinajstić information content (AvgIpc) is 2.93. The molecule has 1 saturated heterocycles. The Bertz CT molecular complexity index is 503. The smallest absolute Gasteiger partial charge is 0.331 e. The molecule has 1 aliphatic rings. The summed E-state index contributed by atoms with van der Waals surface area (Å²) in [7, 11) is 0. The molecular weight excluding hydrogens is 288 g/mol. The quantitative estimate of drug-likeness (QED) is 0.902. The van der Waals surface area contributed by atoms with Gasteiger partial charge in [-0.05, 0) is 36.6 Å². The molecule has 6 heteroatoms. The summed E-state index contributed by atoms with van der Waals surface area (Å²) in [6.07, 6.45) is 1.10. The highest BCUT2D eigenvalue weighted by atomic mass is 32.1. The minimum absolute atomic E-state index is 0.124. The number of hydrogen-bond acceptors (Lipinski definition) is 3. The van der Waals surface area contributed by atoms with Crippen LogP contribution in [0.3, 0.4) is 0 Å². The summed E-state index contributed by atoms with van der Waals surface area (Å²) in [5.41, 5.74) is 0. The van der Waals surface area contributed by atoms with Crippen molar-refractivity contribution >= 4 is 23.3 Å². The number of carboxylic acid groups (broad SMARTS) is 1. The summed E-state index contributed by atoms with van der Waals surface area (Å²) in [4.78, 5) is 26.3. The predicted octanol–water partition coefficient (Wildman–Crippen LogP) is 2.95. The van der Waals surface area contributed by atoms with Gasteiger partial charge in [0, 0.05) is 17.5 Å². The molecule has 4 atom stereocenters. The molecule has 5 nitrogen and oxygen atoms in total. The molecule has 0 aromatic carbocycles. The molecule has 2 N–H and O–H groups in total. The minimum Gasteiger partial charge on any atom is -0.479 e. The molecule has 2 rings (SSSR count). The van der Waals surface area contributed by atoms with Crippen molar-refractivity contribution in [3.8, 4) is 0 Å². The highest BCUT2D eigenvalue weighted by Crippen LogP contribution is 2.27. The third kappa shape index (κ3) is 3.56. The van der Waals surface area contributed by atoms with E-state index in [2.05, 4.69) is 19.2 Å². The molecule has 1 fully saturated rings. The van der Waals surface area contributed by atoms with Gasteiger partial charge in [-0.3, -0.25) is 0 Å². The topological polar surface area (TPSA) is 69.6 Å². The van der Waals surface area contributed by atoms with Crippen LogP contribution in [0.25, 0.3) is 0 Å². The summed E-state index contributed by atoms with van der Waals surface area (Å²) >= 11 is 1.34. The number of aliphatic carboxylic acids is 1. The fourth-order valence-corrected chi connectivity index (χ4v) is 3.67. The fourth-order valence-electron chi connectivity index (χ4n) is 2.90. The first kappa shape index (κ1) is 15.8. The summed E-state index contributed by atoms with van der Waals surface area (Å²) in [6, 6.07) is 2.38. The highest BCUT2D eigenvalue weighted by molar-refractivity contribution is 7.10. The number of hydrogen-bond donors (Lipinski definition) is 2. The molecule has 0 bridgehead atoms. The molecule has 1 aromatic heterocycles. The molecule has 0 saturated carbocycles. The number of amides is 2. The second-order valence-electron chi connectivity index (χ2n) is 5.95. The number of carbonyl (C=O) groups excluding carboxylic acids is 1. The van der Waals surface area contributed by atoms with Gasteiger partial charge in [0.15, 0.2) is 6.04 Å². The van der Waals surface area contributed by atoms with Crippen molar-refractivity contribution in [3.63, 3.8) is 0 Å². The zero-order chi connectivity index (χ0) is 15.6. The zero-order valence-electron chi connectivity index (χ0n) is 12.6. The van der Waals surface area contributed by atoms with Gasteiger partial charge in [0.05, 0.1) is 0 Å². The summed E-state index contributed by atoms with van der Waals surface area (Å²) in [6.45, 7) is 6.95. The highest BCUT2D eigenvalue weighted by Gasteiger charge is 2.34.